The fourth-order valence-corrected chi connectivity index (χ4v) is 4.82. The Hall–Kier alpha value is -2.37. The van der Waals surface area contributed by atoms with Gasteiger partial charge in [-0.05, 0) is 70.4 Å². The molecule has 0 aromatic heterocycles. The highest BCUT2D eigenvalue weighted by atomic mass is 16.5. The lowest BCUT2D eigenvalue weighted by atomic mass is 9.76. The van der Waals surface area contributed by atoms with Crippen molar-refractivity contribution in [2.45, 2.75) is 64.8 Å². The number of amides is 2. The Labute approximate surface area is 179 Å². The van der Waals surface area contributed by atoms with E-state index in [1.165, 1.54) is 7.11 Å². The lowest BCUT2D eigenvalue weighted by Crippen LogP contribution is -2.59. The minimum absolute atomic E-state index is 0.0338. The molecular weight excluding hydrogens is 380 g/mol. The Balaban J connectivity index is 1.70. The zero-order valence-corrected chi connectivity index (χ0v) is 18.6. The molecule has 30 heavy (non-hydrogen) atoms. The standard InChI is InChI=1S/C24H34N2O4/c1-16-7-9-24(10-8-16,23(29)30-4)25-21(27)19-6-5-11-26(15-19)22(28)20-13-17(2)12-18(3)14-20/h12-14,16,19H,5-11,15H2,1-4H3,(H,25,27). The summed E-state index contributed by atoms with van der Waals surface area (Å²) in [6.07, 6.45) is 4.47. The number of ether oxygens (including phenoxy) is 1. The fraction of sp³-hybridized carbons (Fsp3) is 0.625. The molecule has 1 atom stereocenters. The van der Waals surface area contributed by atoms with Gasteiger partial charge in [-0.25, -0.2) is 4.79 Å². The molecule has 2 fully saturated rings. The van der Waals surface area contributed by atoms with E-state index in [1.807, 2.05) is 32.0 Å². The Morgan fingerprint density at radius 1 is 1.07 bits per heavy atom. The van der Waals surface area contributed by atoms with Crippen LogP contribution in [0, 0.1) is 25.7 Å². The predicted molar refractivity (Wildman–Crippen MR) is 115 cm³/mol. The van der Waals surface area contributed by atoms with Crippen LogP contribution in [0.15, 0.2) is 18.2 Å². The summed E-state index contributed by atoms with van der Waals surface area (Å²) >= 11 is 0. The number of esters is 1. The lowest BCUT2D eigenvalue weighted by molar-refractivity contribution is -0.153. The third-order valence-electron chi connectivity index (χ3n) is 6.61. The van der Waals surface area contributed by atoms with Gasteiger partial charge in [0.15, 0.2) is 0 Å². The number of aryl methyl sites for hydroxylation is 2. The molecule has 6 nitrogen and oxygen atoms in total. The summed E-state index contributed by atoms with van der Waals surface area (Å²) in [5.41, 5.74) is 1.84. The average Bonchev–Trinajstić information content (AvgIpc) is 2.73. The van der Waals surface area contributed by atoms with E-state index in [1.54, 1.807) is 4.90 Å². The van der Waals surface area contributed by atoms with E-state index in [9.17, 15) is 14.4 Å². The number of piperidine rings is 1. The predicted octanol–water partition coefficient (Wildman–Crippen LogP) is 3.39. The van der Waals surface area contributed by atoms with Crippen molar-refractivity contribution in [1.82, 2.24) is 10.2 Å². The van der Waals surface area contributed by atoms with Crippen LogP contribution >= 0.6 is 0 Å². The van der Waals surface area contributed by atoms with Gasteiger partial charge in [0.05, 0.1) is 13.0 Å². The Bertz CT molecular complexity index is 791. The van der Waals surface area contributed by atoms with Gasteiger partial charge in [-0.1, -0.05) is 24.1 Å². The van der Waals surface area contributed by atoms with E-state index in [2.05, 4.69) is 12.2 Å². The van der Waals surface area contributed by atoms with E-state index < -0.39 is 5.54 Å². The van der Waals surface area contributed by atoms with Gasteiger partial charge in [-0.15, -0.1) is 0 Å². The Morgan fingerprint density at radius 2 is 1.70 bits per heavy atom. The Kier molecular flexibility index (Phi) is 6.84. The molecule has 1 aromatic rings. The smallest absolute Gasteiger partial charge is 0.331 e. The molecule has 0 spiro atoms. The van der Waals surface area contributed by atoms with Crippen molar-refractivity contribution in [3.8, 4) is 0 Å². The maximum Gasteiger partial charge on any atom is 0.331 e. The largest absolute Gasteiger partial charge is 0.467 e. The summed E-state index contributed by atoms with van der Waals surface area (Å²) < 4.78 is 5.04. The van der Waals surface area contributed by atoms with Crippen LogP contribution in [0.2, 0.25) is 0 Å². The SMILES string of the molecule is COC(=O)C1(NC(=O)C2CCCN(C(=O)c3cc(C)cc(C)c3)C2)CCC(C)CC1. The summed E-state index contributed by atoms with van der Waals surface area (Å²) in [7, 11) is 1.37. The molecule has 6 heteroatoms. The van der Waals surface area contributed by atoms with Crippen molar-refractivity contribution in [3.05, 3.63) is 34.9 Å². The highest BCUT2D eigenvalue weighted by Crippen LogP contribution is 2.33. The molecular formula is C24H34N2O4. The molecule has 164 valence electrons. The van der Waals surface area contributed by atoms with Gasteiger partial charge in [0.25, 0.3) is 5.91 Å². The molecule has 1 saturated heterocycles. The number of nitrogens with zero attached hydrogens (tertiary/aromatic N) is 1. The van der Waals surface area contributed by atoms with Crippen LogP contribution in [0.3, 0.4) is 0 Å². The van der Waals surface area contributed by atoms with E-state index in [0.29, 0.717) is 37.4 Å². The molecule has 2 amide bonds. The van der Waals surface area contributed by atoms with Gasteiger partial charge >= 0.3 is 5.97 Å². The normalized spacial score (nSPS) is 26.7. The third kappa shape index (κ3) is 4.85. The van der Waals surface area contributed by atoms with Crippen molar-refractivity contribution in [2.75, 3.05) is 20.2 Å². The van der Waals surface area contributed by atoms with Gasteiger partial charge < -0.3 is 15.0 Å². The monoisotopic (exact) mass is 414 g/mol. The van der Waals surface area contributed by atoms with Crippen molar-refractivity contribution >= 4 is 17.8 Å². The van der Waals surface area contributed by atoms with E-state index in [0.717, 1.165) is 36.8 Å². The van der Waals surface area contributed by atoms with Crippen LogP contribution in [-0.2, 0) is 14.3 Å². The van der Waals surface area contributed by atoms with Gasteiger partial charge in [0, 0.05) is 18.7 Å². The first-order valence-corrected chi connectivity index (χ1v) is 11.0. The summed E-state index contributed by atoms with van der Waals surface area (Å²) in [5.74, 6) is -0.308. The minimum atomic E-state index is -0.932. The van der Waals surface area contributed by atoms with Crippen LogP contribution in [0.1, 0.15) is 66.9 Å². The average molecular weight is 415 g/mol. The molecule has 1 aliphatic carbocycles. The molecule has 3 rings (SSSR count). The quantitative estimate of drug-likeness (QED) is 0.767. The number of carbonyl (C=O) groups excluding carboxylic acids is 3. The number of nitrogens with one attached hydrogen (secondary N) is 1. The summed E-state index contributed by atoms with van der Waals surface area (Å²) in [6.45, 7) is 7.16. The van der Waals surface area contributed by atoms with Crippen molar-refractivity contribution in [2.24, 2.45) is 11.8 Å². The number of hydrogen-bond donors (Lipinski definition) is 1. The van der Waals surface area contributed by atoms with Crippen molar-refractivity contribution in [3.63, 3.8) is 0 Å². The zero-order valence-electron chi connectivity index (χ0n) is 18.6. The second kappa shape index (κ2) is 9.19. The van der Waals surface area contributed by atoms with Gasteiger partial charge in [-0.2, -0.15) is 0 Å². The maximum absolute atomic E-state index is 13.1. The number of carbonyl (C=O) groups is 3. The van der Waals surface area contributed by atoms with Crippen LogP contribution < -0.4 is 5.32 Å². The Morgan fingerprint density at radius 3 is 2.30 bits per heavy atom. The molecule has 1 saturated carbocycles. The van der Waals surface area contributed by atoms with Crippen molar-refractivity contribution < 1.29 is 19.1 Å². The lowest BCUT2D eigenvalue weighted by Gasteiger charge is -2.39. The van der Waals surface area contributed by atoms with Crippen LogP contribution in [0.25, 0.3) is 0 Å². The highest BCUT2D eigenvalue weighted by molar-refractivity contribution is 5.95. The topological polar surface area (TPSA) is 75.7 Å². The highest BCUT2D eigenvalue weighted by Gasteiger charge is 2.44. The first-order valence-electron chi connectivity index (χ1n) is 11.0. The number of rotatable bonds is 4. The molecule has 2 aliphatic rings. The molecule has 1 aromatic carbocycles. The summed E-state index contributed by atoms with van der Waals surface area (Å²) in [5, 5.41) is 3.04. The van der Waals surface area contributed by atoms with Gasteiger partial charge in [-0.3, -0.25) is 9.59 Å². The van der Waals surface area contributed by atoms with E-state index in [4.69, 9.17) is 4.74 Å². The number of benzene rings is 1. The molecule has 0 radical (unpaired) electrons. The van der Waals surface area contributed by atoms with Gasteiger partial charge in [0.1, 0.15) is 5.54 Å². The van der Waals surface area contributed by atoms with Gasteiger partial charge in [0.2, 0.25) is 5.91 Å². The molecule has 1 unspecified atom stereocenters. The second-order valence-electron chi connectivity index (χ2n) is 9.21. The van der Waals surface area contributed by atoms with Crippen molar-refractivity contribution in [1.29, 1.82) is 0 Å². The second-order valence-corrected chi connectivity index (χ2v) is 9.21. The zero-order chi connectivity index (χ0) is 21.9. The van der Waals surface area contributed by atoms with E-state index >= 15 is 0 Å². The molecule has 1 heterocycles. The first kappa shape index (κ1) is 22.3. The molecule has 1 aliphatic heterocycles. The summed E-state index contributed by atoms with van der Waals surface area (Å²) in [4.78, 5) is 40.5. The van der Waals surface area contributed by atoms with Crippen LogP contribution in [0.4, 0.5) is 0 Å². The van der Waals surface area contributed by atoms with Crippen LogP contribution in [-0.4, -0.2) is 48.4 Å². The first-order chi connectivity index (χ1) is 14.2. The number of methoxy groups -OCH3 is 1. The number of hydrogen-bond acceptors (Lipinski definition) is 4. The van der Waals surface area contributed by atoms with E-state index in [-0.39, 0.29) is 23.7 Å². The minimum Gasteiger partial charge on any atom is -0.467 e. The molecule has 1 N–H and O–H groups in total. The van der Waals surface area contributed by atoms with Crippen LogP contribution in [0.5, 0.6) is 0 Å². The fourth-order valence-electron chi connectivity index (χ4n) is 4.82. The third-order valence-corrected chi connectivity index (χ3v) is 6.61. The molecule has 0 bridgehead atoms. The summed E-state index contributed by atoms with van der Waals surface area (Å²) in [6, 6.07) is 5.84. The number of likely N-dealkylation sites (tertiary alicyclic amines) is 1. The maximum atomic E-state index is 13.1.